The van der Waals surface area contributed by atoms with Crippen molar-refractivity contribution in [3.05, 3.63) is 59.9 Å². The molecule has 4 heteroatoms. The van der Waals surface area contributed by atoms with Crippen molar-refractivity contribution in [3.8, 4) is 6.07 Å². The highest BCUT2D eigenvalue weighted by molar-refractivity contribution is 5.78. The number of carbonyl (C=O) groups excluding carboxylic acids is 1. The fraction of sp³-hybridized carbons (Fsp3) is 0.200. The molecule has 96 valence electrons. The van der Waals surface area contributed by atoms with Crippen molar-refractivity contribution in [2.24, 2.45) is 0 Å². The van der Waals surface area contributed by atoms with E-state index in [1.807, 2.05) is 41.2 Å². The molecule has 0 aliphatic rings. The lowest BCUT2D eigenvalue weighted by atomic mass is 10.1. The van der Waals surface area contributed by atoms with Gasteiger partial charge in [-0.2, -0.15) is 5.26 Å². The molecule has 0 fully saturated rings. The average Bonchev–Trinajstić information content (AvgIpc) is 2.93. The SMILES string of the molecule is N#Cc1ccc(CC(=O)NCCn2cccc2)cc1. The van der Waals surface area contributed by atoms with Crippen LogP contribution in [0.1, 0.15) is 11.1 Å². The summed E-state index contributed by atoms with van der Waals surface area (Å²) in [4.78, 5) is 11.7. The van der Waals surface area contributed by atoms with Crippen LogP contribution in [0.25, 0.3) is 0 Å². The molecule has 1 aromatic carbocycles. The Hall–Kier alpha value is -2.54. The molecule has 0 unspecified atom stereocenters. The molecule has 1 amide bonds. The molecular formula is C15H15N3O. The number of carbonyl (C=O) groups is 1. The van der Waals surface area contributed by atoms with Gasteiger partial charge >= 0.3 is 0 Å². The van der Waals surface area contributed by atoms with Gasteiger partial charge in [-0.25, -0.2) is 0 Å². The Morgan fingerprint density at radius 2 is 1.89 bits per heavy atom. The molecule has 1 heterocycles. The van der Waals surface area contributed by atoms with Gasteiger partial charge in [-0.1, -0.05) is 12.1 Å². The number of amides is 1. The highest BCUT2D eigenvalue weighted by atomic mass is 16.1. The molecule has 1 N–H and O–H groups in total. The average molecular weight is 253 g/mol. The normalized spacial score (nSPS) is 9.84. The van der Waals surface area contributed by atoms with Crippen molar-refractivity contribution < 1.29 is 4.79 Å². The summed E-state index contributed by atoms with van der Waals surface area (Å²) in [5, 5.41) is 11.6. The summed E-state index contributed by atoms with van der Waals surface area (Å²) in [7, 11) is 0. The van der Waals surface area contributed by atoms with E-state index in [-0.39, 0.29) is 5.91 Å². The standard InChI is InChI=1S/C15H15N3O/c16-12-14-5-3-13(4-6-14)11-15(19)17-7-10-18-8-1-2-9-18/h1-6,8-9H,7,10-11H2,(H,17,19). The van der Waals surface area contributed by atoms with Crippen LogP contribution in [-0.4, -0.2) is 17.0 Å². The topological polar surface area (TPSA) is 57.8 Å². The molecule has 0 spiro atoms. The Morgan fingerprint density at radius 3 is 2.53 bits per heavy atom. The number of hydrogen-bond donors (Lipinski definition) is 1. The molecule has 0 saturated carbocycles. The molecular weight excluding hydrogens is 238 g/mol. The molecule has 0 saturated heterocycles. The molecule has 19 heavy (non-hydrogen) atoms. The largest absolute Gasteiger partial charge is 0.354 e. The Morgan fingerprint density at radius 1 is 1.21 bits per heavy atom. The number of hydrogen-bond acceptors (Lipinski definition) is 2. The van der Waals surface area contributed by atoms with E-state index in [9.17, 15) is 4.79 Å². The van der Waals surface area contributed by atoms with Crippen molar-refractivity contribution in [2.75, 3.05) is 6.54 Å². The number of nitrogens with zero attached hydrogens (tertiary/aromatic N) is 2. The van der Waals surface area contributed by atoms with Crippen molar-refractivity contribution in [1.82, 2.24) is 9.88 Å². The van der Waals surface area contributed by atoms with Gasteiger partial charge in [0.1, 0.15) is 0 Å². The first-order valence-electron chi connectivity index (χ1n) is 6.14. The monoisotopic (exact) mass is 253 g/mol. The maximum atomic E-state index is 11.7. The van der Waals surface area contributed by atoms with Gasteiger partial charge in [-0.3, -0.25) is 4.79 Å². The van der Waals surface area contributed by atoms with Gasteiger partial charge in [0, 0.05) is 25.5 Å². The maximum Gasteiger partial charge on any atom is 0.224 e. The number of benzene rings is 1. The van der Waals surface area contributed by atoms with Gasteiger partial charge in [0.25, 0.3) is 0 Å². The van der Waals surface area contributed by atoms with Crippen LogP contribution in [-0.2, 0) is 17.8 Å². The summed E-state index contributed by atoms with van der Waals surface area (Å²) >= 11 is 0. The zero-order valence-electron chi connectivity index (χ0n) is 10.5. The zero-order valence-corrected chi connectivity index (χ0v) is 10.5. The third-order valence-electron chi connectivity index (χ3n) is 2.81. The number of aromatic nitrogens is 1. The molecule has 1 aromatic heterocycles. The number of nitriles is 1. The summed E-state index contributed by atoms with van der Waals surface area (Å²) in [6, 6.07) is 13.0. The van der Waals surface area contributed by atoms with E-state index < -0.39 is 0 Å². The van der Waals surface area contributed by atoms with E-state index in [2.05, 4.69) is 11.4 Å². The number of rotatable bonds is 5. The first kappa shape index (κ1) is 12.9. The van der Waals surface area contributed by atoms with Crippen molar-refractivity contribution >= 4 is 5.91 Å². The fourth-order valence-electron chi connectivity index (χ4n) is 1.79. The number of nitrogens with one attached hydrogen (secondary N) is 1. The molecule has 0 bridgehead atoms. The van der Waals surface area contributed by atoms with Crippen LogP contribution in [0.15, 0.2) is 48.8 Å². The van der Waals surface area contributed by atoms with E-state index in [4.69, 9.17) is 5.26 Å². The van der Waals surface area contributed by atoms with Gasteiger partial charge < -0.3 is 9.88 Å². The minimum atomic E-state index is -0.00290. The Labute approximate surface area is 112 Å². The van der Waals surface area contributed by atoms with Gasteiger partial charge in [0.2, 0.25) is 5.91 Å². The van der Waals surface area contributed by atoms with Crippen molar-refractivity contribution in [3.63, 3.8) is 0 Å². The lowest BCUT2D eigenvalue weighted by Gasteiger charge is -2.06. The van der Waals surface area contributed by atoms with Gasteiger partial charge in [-0.15, -0.1) is 0 Å². The quantitative estimate of drug-likeness (QED) is 0.882. The summed E-state index contributed by atoms with van der Waals surface area (Å²) < 4.78 is 2.02. The Balaban J connectivity index is 1.76. The minimum Gasteiger partial charge on any atom is -0.354 e. The second kappa shape index (κ2) is 6.41. The smallest absolute Gasteiger partial charge is 0.224 e. The van der Waals surface area contributed by atoms with E-state index in [0.717, 1.165) is 12.1 Å². The second-order valence-corrected chi connectivity index (χ2v) is 4.26. The predicted octanol–water partition coefficient (Wildman–Crippen LogP) is 1.72. The summed E-state index contributed by atoms with van der Waals surface area (Å²) in [5.41, 5.74) is 1.52. The van der Waals surface area contributed by atoms with Crippen LogP contribution in [0.3, 0.4) is 0 Å². The Bertz CT molecular complexity index is 564. The molecule has 2 rings (SSSR count). The van der Waals surface area contributed by atoms with E-state index >= 15 is 0 Å². The van der Waals surface area contributed by atoms with Gasteiger partial charge in [0.15, 0.2) is 0 Å². The Kier molecular flexibility index (Phi) is 4.35. The molecule has 0 atom stereocenters. The maximum absolute atomic E-state index is 11.7. The van der Waals surface area contributed by atoms with Crippen LogP contribution in [0.5, 0.6) is 0 Å². The highest BCUT2D eigenvalue weighted by Crippen LogP contribution is 2.03. The summed E-state index contributed by atoms with van der Waals surface area (Å²) in [5.74, 6) is -0.00290. The van der Waals surface area contributed by atoms with Crippen LogP contribution in [0.2, 0.25) is 0 Å². The lowest BCUT2D eigenvalue weighted by molar-refractivity contribution is -0.120. The molecule has 2 aromatic rings. The van der Waals surface area contributed by atoms with Crippen molar-refractivity contribution in [2.45, 2.75) is 13.0 Å². The second-order valence-electron chi connectivity index (χ2n) is 4.26. The summed E-state index contributed by atoms with van der Waals surface area (Å²) in [6.45, 7) is 1.38. The van der Waals surface area contributed by atoms with E-state index in [1.165, 1.54) is 0 Å². The minimum absolute atomic E-state index is 0.00290. The fourth-order valence-corrected chi connectivity index (χ4v) is 1.79. The predicted molar refractivity (Wildman–Crippen MR) is 72.3 cm³/mol. The van der Waals surface area contributed by atoms with Crippen LogP contribution < -0.4 is 5.32 Å². The van der Waals surface area contributed by atoms with Gasteiger partial charge in [-0.05, 0) is 29.8 Å². The van der Waals surface area contributed by atoms with E-state index in [1.54, 1.807) is 12.1 Å². The van der Waals surface area contributed by atoms with Crippen LogP contribution in [0.4, 0.5) is 0 Å². The molecule has 0 radical (unpaired) electrons. The van der Waals surface area contributed by atoms with E-state index in [0.29, 0.717) is 18.5 Å². The summed E-state index contributed by atoms with van der Waals surface area (Å²) in [6.07, 6.45) is 4.27. The lowest BCUT2D eigenvalue weighted by Crippen LogP contribution is -2.28. The highest BCUT2D eigenvalue weighted by Gasteiger charge is 2.02. The van der Waals surface area contributed by atoms with Crippen LogP contribution >= 0.6 is 0 Å². The first-order chi connectivity index (χ1) is 9.28. The molecule has 4 nitrogen and oxygen atoms in total. The molecule has 0 aliphatic carbocycles. The zero-order chi connectivity index (χ0) is 13.5. The van der Waals surface area contributed by atoms with Crippen molar-refractivity contribution in [1.29, 1.82) is 5.26 Å². The third-order valence-corrected chi connectivity index (χ3v) is 2.81. The van der Waals surface area contributed by atoms with Gasteiger partial charge in [0.05, 0.1) is 18.1 Å². The third kappa shape index (κ3) is 4.00. The van der Waals surface area contributed by atoms with Crippen LogP contribution in [0, 0.1) is 11.3 Å². The first-order valence-corrected chi connectivity index (χ1v) is 6.14. The molecule has 0 aliphatic heterocycles.